The number of likely N-dealkylation sites (N-methyl/N-ethyl adjacent to an activating group) is 1. The minimum atomic E-state index is -0.361. The highest BCUT2D eigenvalue weighted by Crippen LogP contribution is 2.18. The Morgan fingerprint density at radius 3 is 2.83 bits per heavy atom. The fourth-order valence-corrected chi connectivity index (χ4v) is 2.19. The van der Waals surface area contributed by atoms with Gasteiger partial charge in [-0.25, -0.2) is 4.39 Å². The largest absolute Gasteiger partial charge is 0.385 e. The fourth-order valence-electron chi connectivity index (χ4n) is 1.99. The third-order valence-electron chi connectivity index (χ3n) is 2.86. The maximum Gasteiger partial charge on any atom is 0.141 e. The number of halogens is 2. The van der Waals surface area contributed by atoms with E-state index < -0.39 is 0 Å². The summed E-state index contributed by atoms with van der Waals surface area (Å²) in [6.45, 7) is 3.78. The third-order valence-corrected chi connectivity index (χ3v) is 3.15. The molecular formula is C14H21ClFNO. The van der Waals surface area contributed by atoms with Crippen LogP contribution in [-0.2, 0) is 11.2 Å². The van der Waals surface area contributed by atoms with Gasteiger partial charge in [-0.3, -0.25) is 0 Å². The summed E-state index contributed by atoms with van der Waals surface area (Å²) < 4.78 is 18.1. The molecule has 0 spiro atoms. The maximum atomic E-state index is 13.1. The molecular weight excluding hydrogens is 253 g/mol. The molecule has 0 amide bonds. The first-order chi connectivity index (χ1) is 8.67. The summed E-state index contributed by atoms with van der Waals surface area (Å²) in [6.07, 6.45) is 2.91. The third kappa shape index (κ3) is 5.34. The summed E-state index contributed by atoms with van der Waals surface area (Å²) in [5.74, 6) is -0.361. The second-order valence-corrected chi connectivity index (χ2v) is 4.75. The van der Waals surface area contributed by atoms with Gasteiger partial charge in [0, 0.05) is 19.8 Å². The Labute approximate surface area is 113 Å². The highest BCUT2D eigenvalue weighted by Gasteiger charge is 2.09. The van der Waals surface area contributed by atoms with Gasteiger partial charge in [0.15, 0.2) is 0 Å². The van der Waals surface area contributed by atoms with E-state index in [4.69, 9.17) is 16.3 Å². The summed E-state index contributed by atoms with van der Waals surface area (Å²) in [4.78, 5) is 0. The van der Waals surface area contributed by atoms with Gasteiger partial charge < -0.3 is 10.1 Å². The van der Waals surface area contributed by atoms with Gasteiger partial charge in [0.2, 0.25) is 0 Å². The monoisotopic (exact) mass is 273 g/mol. The van der Waals surface area contributed by atoms with Gasteiger partial charge in [-0.15, -0.1) is 0 Å². The van der Waals surface area contributed by atoms with Crippen LogP contribution in [-0.4, -0.2) is 26.3 Å². The fraction of sp³-hybridized carbons (Fsp3) is 0.571. The zero-order valence-corrected chi connectivity index (χ0v) is 11.8. The van der Waals surface area contributed by atoms with E-state index in [-0.39, 0.29) is 10.8 Å². The van der Waals surface area contributed by atoms with Gasteiger partial charge in [0.05, 0.1) is 5.02 Å². The molecule has 0 fully saturated rings. The molecule has 0 aliphatic rings. The lowest BCUT2D eigenvalue weighted by molar-refractivity contribution is 0.188. The molecule has 1 N–H and O–H groups in total. The highest BCUT2D eigenvalue weighted by molar-refractivity contribution is 6.30. The quantitative estimate of drug-likeness (QED) is 0.733. The summed E-state index contributed by atoms with van der Waals surface area (Å²) >= 11 is 5.79. The number of rotatable bonds is 8. The minimum absolute atomic E-state index is 0.194. The van der Waals surface area contributed by atoms with Crippen LogP contribution in [0.25, 0.3) is 0 Å². The molecule has 1 rings (SSSR count). The van der Waals surface area contributed by atoms with Crippen LogP contribution < -0.4 is 5.32 Å². The molecule has 1 unspecified atom stereocenters. The van der Waals surface area contributed by atoms with Crippen molar-refractivity contribution in [3.63, 3.8) is 0 Å². The van der Waals surface area contributed by atoms with Crippen LogP contribution in [0.3, 0.4) is 0 Å². The van der Waals surface area contributed by atoms with Gasteiger partial charge in [-0.1, -0.05) is 24.6 Å². The lowest BCUT2D eigenvalue weighted by Crippen LogP contribution is -2.31. The van der Waals surface area contributed by atoms with E-state index in [1.54, 1.807) is 19.2 Å². The van der Waals surface area contributed by atoms with Crippen LogP contribution in [0.15, 0.2) is 18.2 Å². The van der Waals surface area contributed by atoms with Gasteiger partial charge in [0.25, 0.3) is 0 Å². The number of benzene rings is 1. The van der Waals surface area contributed by atoms with Crippen molar-refractivity contribution in [3.8, 4) is 0 Å². The number of ether oxygens (including phenoxy) is 1. The van der Waals surface area contributed by atoms with Crippen molar-refractivity contribution >= 4 is 11.6 Å². The van der Waals surface area contributed by atoms with E-state index in [1.165, 1.54) is 6.07 Å². The van der Waals surface area contributed by atoms with Gasteiger partial charge in [-0.05, 0) is 43.5 Å². The first kappa shape index (κ1) is 15.4. The lowest BCUT2D eigenvalue weighted by Gasteiger charge is -2.18. The standard InChI is InChI=1S/C14H21ClFNO/c1-3-17-12(5-4-8-18-2)9-11-6-7-14(16)13(15)10-11/h6-7,10,12,17H,3-5,8-9H2,1-2H3. The molecule has 0 saturated heterocycles. The number of hydrogen-bond donors (Lipinski definition) is 1. The molecule has 0 saturated carbocycles. The maximum absolute atomic E-state index is 13.1. The van der Waals surface area contributed by atoms with Crippen molar-refractivity contribution in [1.82, 2.24) is 5.32 Å². The van der Waals surface area contributed by atoms with E-state index in [9.17, 15) is 4.39 Å². The number of nitrogens with one attached hydrogen (secondary N) is 1. The van der Waals surface area contributed by atoms with Crippen LogP contribution in [0.4, 0.5) is 4.39 Å². The molecule has 0 aliphatic carbocycles. The summed E-state index contributed by atoms with van der Waals surface area (Å²) in [5.41, 5.74) is 1.06. The topological polar surface area (TPSA) is 21.3 Å². The van der Waals surface area contributed by atoms with E-state index >= 15 is 0 Å². The van der Waals surface area contributed by atoms with Crippen LogP contribution >= 0.6 is 11.6 Å². The SMILES string of the molecule is CCNC(CCCOC)Cc1ccc(F)c(Cl)c1. The van der Waals surface area contributed by atoms with Gasteiger partial charge in [0.1, 0.15) is 5.82 Å². The molecule has 0 radical (unpaired) electrons. The molecule has 1 atom stereocenters. The smallest absolute Gasteiger partial charge is 0.141 e. The first-order valence-electron chi connectivity index (χ1n) is 6.33. The molecule has 0 aliphatic heterocycles. The molecule has 18 heavy (non-hydrogen) atoms. The van der Waals surface area contributed by atoms with Crippen molar-refractivity contribution in [2.24, 2.45) is 0 Å². The van der Waals surface area contributed by atoms with Gasteiger partial charge in [-0.2, -0.15) is 0 Å². The summed E-state index contributed by atoms with van der Waals surface area (Å²) in [5, 5.41) is 3.63. The first-order valence-corrected chi connectivity index (χ1v) is 6.71. The minimum Gasteiger partial charge on any atom is -0.385 e. The van der Waals surface area contributed by atoms with Crippen molar-refractivity contribution in [2.75, 3.05) is 20.3 Å². The molecule has 4 heteroatoms. The summed E-state index contributed by atoms with van der Waals surface area (Å²) in [6, 6.07) is 5.31. The Morgan fingerprint density at radius 1 is 1.44 bits per heavy atom. The molecule has 0 aromatic heterocycles. The van der Waals surface area contributed by atoms with Crippen molar-refractivity contribution in [2.45, 2.75) is 32.2 Å². The van der Waals surface area contributed by atoms with E-state index in [1.807, 2.05) is 0 Å². The molecule has 1 aromatic carbocycles. The Balaban J connectivity index is 2.55. The molecule has 0 bridgehead atoms. The molecule has 2 nitrogen and oxygen atoms in total. The van der Waals surface area contributed by atoms with Crippen molar-refractivity contribution < 1.29 is 9.13 Å². The van der Waals surface area contributed by atoms with Crippen molar-refractivity contribution in [3.05, 3.63) is 34.6 Å². The average molecular weight is 274 g/mol. The lowest BCUT2D eigenvalue weighted by atomic mass is 10.0. The van der Waals surface area contributed by atoms with Crippen LogP contribution in [0.2, 0.25) is 5.02 Å². The Hall–Kier alpha value is -0.640. The van der Waals surface area contributed by atoms with Crippen LogP contribution in [0.5, 0.6) is 0 Å². The van der Waals surface area contributed by atoms with Crippen LogP contribution in [0.1, 0.15) is 25.3 Å². The zero-order valence-electron chi connectivity index (χ0n) is 11.0. The van der Waals surface area contributed by atoms with E-state index in [2.05, 4.69) is 12.2 Å². The number of hydrogen-bond acceptors (Lipinski definition) is 2. The van der Waals surface area contributed by atoms with E-state index in [0.29, 0.717) is 6.04 Å². The van der Waals surface area contributed by atoms with Gasteiger partial charge >= 0.3 is 0 Å². The predicted molar refractivity (Wildman–Crippen MR) is 73.7 cm³/mol. The van der Waals surface area contributed by atoms with E-state index in [0.717, 1.165) is 38.0 Å². The average Bonchev–Trinajstić information content (AvgIpc) is 2.34. The Kier molecular flexibility index (Phi) is 7.25. The molecule has 1 aromatic rings. The summed E-state index contributed by atoms with van der Waals surface area (Å²) in [7, 11) is 1.71. The van der Waals surface area contributed by atoms with Crippen molar-refractivity contribution in [1.29, 1.82) is 0 Å². The molecule has 0 heterocycles. The highest BCUT2D eigenvalue weighted by atomic mass is 35.5. The zero-order chi connectivity index (χ0) is 13.4. The normalized spacial score (nSPS) is 12.7. The van der Waals surface area contributed by atoms with Crippen LogP contribution in [0, 0.1) is 5.82 Å². The Morgan fingerprint density at radius 2 is 2.22 bits per heavy atom. The second-order valence-electron chi connectivity index (χ2n) is 4.34. The molecule has 102 valence electrons. The Bertz CT molecular complexity index is 360. The number of methoxy groups -OCH3 is 1. The second kappa shape index (κ2) is 8.46. The predicted octanol–water partition coefficient (Wildman–Crippen LogP) is 3.43.